The first-order valence-corrected chi connectivity index (χ1v) is 14.9. The highest BCUT2D eigenvalue weighted by molar-refractivity contribution is 6.74. The highest BCUT2D eigenvalue weighted by Gasteiger charge is 2.38. The van der Waals surface area contributed by atoms with Crippen LogP contribution in [0.15, 0.2) is 12.1 Å². The molecule has 1 saturated heterocycles. The van der Waals surface area contributed by atoms with Crippen LogP contribution in [0.4, 0.5) is 0 Å². The van der Waals surface area contributed by atoms with E-state index < -0.39 is 8.32 Å². The summed E-state index contributed by atoms with van der Waals surface area (Å²) in [6.07, 6.45) is 3.62. The number of aryl methyl sites for hydroxylation is 1. The zero-order chi connectivity index (χ0) is 22.9. The quantitative estimate of drug-likeness (QED) is 0.360. The molecular weight excluding hydrogens is 420 g/mol. The summed E-state index contributed by atoms with van der Waals surface area (Å²) in [4.78, 5) is 7.91. The molecule has 0 saturated carbocycles. The third-order valence-electron chi connectivity index (χ3n) is 7.44. The molecule has 176 valence electrons. The number of rotatable bonds is 7. The van der Waals surface area contributed by atoms with E-state index in [0.717, 1.165) is 75.5 Å². The van der Waals surface area contributed by atoms with Crippen LogP contribution in [0.2, 0.25) is 18.1 Å². The molecule has 32 heavy (non-hydrogen) atoms. The van der Waals surface area contributed by atoms with Crippen LogP contribution in [0.25, 0.3) is 11.0 Å². The molecule has 4 rings (SSSR count). The number of nitrogens with zero attached hydrogens (tertiary/aromatic N) is 4. The van der Waals surface area contributed by atoms with E-state index in [0.29, 0.717) is 17.3 Å². The molecule has 1 fully saturated rings. The highest BCUT2D eigenvalue weighted by atomic mass is 28.4. The van der Waals surface area contributed by atoms with Crippen LogP contribution in [-0.4, -0.2) is 62.8 Å². The van der Waals surface area contributed by atoms with Gasteiger partial charge < -0.3 is 14.4 Å². The molecule has 2 aromatic rings. The predicted octanol–water partition coefficient (Wildman–Crippen LogP) is 3.26. The maximum Gasteiger partial charge on any atom is 0.270 e. The molecule has 0 amide bonds. The van der Waals surface area contributed by atoms with Crippen molar-refractivity contribution in [3.05, 3.63) is 34.3 Å². The molecule has 0 radical (unpaired) electrons. The first kappa shape index (κ1) is 23.5. The molecule has 1 aliphatic heterocycles. The van der Waals surface area contributed by atoms with Crippen LogP contribution in [0.3, 0.4) is 0 Å². The zero-order valence-corrected chi connectivity index (χ0v) is 21.3. The van der Waals surface area contributed by atoms with Crippen LogP contribution in [0, 0.1) is 11.1 Å². The lowest BCUT2D eigenvalue weighted by Crippen LogP contribution is -2.42. The summed E-state index contributed by atoms with van der Waals surface area (Å²) in [5.74, 6) is 1.11. The first-order chi connectivity index (χ1) is 15.1. The number of morpholine rings is 1. The average Bonchev–Trinajstić information content (AvgIpc) is 3.13. The standard InChI is InChI=1S/C24H38N4O3Si/c1-24(2,3)32(4,5)31-17-18-13-19-15-21-22(16-20(19)14-18)28(29)26-23(25-21)7-6-8-27-9-11-30-12-10-27/h15-16,18H,6-14,17H2,1-5H3. The molecule has 7 nitrogen and oxygen atoms in total. The Kier molecular flexibility index (Phi) is 6.86. The molecule has 1 aromatic carbocycles. The zero-order valence-electron chi connectivity index (χ0n) is 20.3. The molecule has 8 heteroatoms. The Morgan fingerprint density at radius 1 is 1.19 bits per heavy atom. The number of aromatic nitrogens is 3. The Balaban J connectivity index is 1.40. The molecule has 1 atom stereocenters. The summed E-state index contributed by atoms with van der Waals surface area (Å²) >= 11 is 0. The molecule has 0 spiro atoms. The van der Waals surface area contributed by atoms with E-state index >= 15 is 0 Å². The van der Waals surface area contributed by atoms with Gasteiger partial charge in [0, 0.05) is 37.3 Å². The second-order valence-corrected chi connectivity index (χ2v) is 15.7. The number of hydrogen-bond acceptors (Lipinski definition) is 6. The summed E-state index contributed by atoms with van der Waals surface area (Å²) in [7, 11) is -1.75. The van der Waals surface area contributed by atoms with Crippen molar-refractivity contribution in [2.24, 2.45) is 5.92 Å². The summed E-state index contributed by atoms with van der Waals surface area (Å²) in [6, 6.07) is 4.11. The Hall–Kier alpha value is -1.61. The molecule has 2 aliphatic rings. The Labute approximate surface area is 192 Å². The van der Waals surface area contributed by atoms with E-state index in [1.807, 2.05) is 6.07 Å². The summed E-state index contributed by atoms with van der Waals surface area (Å²) in [5.41, 5.74) is 3.89. The predicted molar refractivity (Wildman–Crippen MR) is 128 cm³/mol. The molecular formula is C24H38N4O3Si. The second-order valence-electron chi connectivity index (χ2n) is 10.9. The van der Waals surface area contributed by atoms with Crippen LogP contribution in [-0.2, 0) is 28.4 Å². The van der Waals surface area contributed by atoms with E-state index in [9.17, 15) is 5.21 Å². The number of hydrogen-bond donors (Lipinski definition) is 0. The van der Waals surface area contributed by atoms with Gasteiger partial charge in [-0.2, -0.15) is 0 Å². The largest absolute Gasteiger partial charge is 0.594 e. The lowest BCUT2D eigenvalue weighted by molar-refractivity contribution is -0.644. The fourth-order valence-corrected chi connectivity index (χ4v) is 5.44. The molecule has 1 aliphatic carbocycles. The highest BCUT2D eigenvalue weighted by Crippen LogP contribution is 2.38. The van der Waals surface area contributed by atoms with E-state index in [-0.39, 0.29) is 5.04 Å². The molecule has 2 heterocycles. The number of benzene rings is 1. The van der Waals surface area contributed by atoms with Gasteiger partial charge in [0.2, 0.25) is 0 Å². The minimum atomic E-state index is -1.75. The summed E-state index contributed by atoms with van der Waals surface area (Å²) < 4.78 is 11.9. The fraction of sp³-hybridized carbons (Fsp3) is 0.708. The minimum Gasteiger partial charge on any atom is -0.594 e. The lowest BCUT2D eigenvalue weighted by Gasteiger charge is -2.37. The van der Waals surface area contributed by atoms with Crippen LogP contribution >= 0.6 is 0 Å². The van der Waals surface area contributed by atoms with Gasteiger partial charge in [0.25, 0.3) is 5.52 Å². The topological polar surface area (TPSA) is 74.4 Å². The van der Waals surface area contributed by atoms with Gasteiger partial charge in [-0.3, -0.25) is 4.90 Å². The van der Waals surface area contributed by atoms with Gasteiger partial charge in [-0.15, -0.1) is 0 Å². The Bertz CT molecular complexity index is 954. The maximum atomic E-state index is 12.6. The van der Waals surface area contributed by atoms with Gasteiger partial charge in [0.1, 0.15) is 5.52 Å². The molecule has 0 bridgehead atoms. The van der Waals surface area contributed by atoms with Crippen molar-refractivity contribution in [1.29, 1.82) is 0 Å². The SMILES string of the molecule is CC(C)(C)[Si](C)(C)OCC1Cc2cc3nc(CCCN4CCOCC4)n[n+]([O-])c3cc2C1. The van der Waals surface area contributed by atoms with Gasteiger partial charge in [0.05, 0.1) is 13.2 Å². The fourth-order valence-electron chi connectivity index (χ4n) is 4.35. The first-order valence-electron chi connectivity index (χ1n) is 12.0. The van der Waals surface area contributed by atoms with E-state index in [1.54, 1.807) is 0 Å². The second kappa shape index (κ2) is 9.33. The number of ether oxygens (including phenoxy) is 1. The van der Waals surface area contributed by atoms with Crippen LogP contribution in [0.1, 0.15) is 44.1 Å². The van der Waals surface area contributed by atoms with Crippen molar-refractivity contribution in [3.63, 3.8) is 0 Å². The van der Waals surface area contributed by atoms with Crippen molar-refractivity contribution in [3.8, 4) is 0 Å². The molecule has 1 unspecified atom stereocenters. The Morgan fingerprint density at radius 3 is 2.56 bits per heavy atom. The van der Waals surface area contributed by atoms with Gasteiger partial charge in [0.15, 0.2) is 14.1 Å². The van der Waals surface area contributed by atoms with Crippen LogP contribution < -0.4 is 4.85 Å². The third kappa shape index (κ3) is 5.30. The van der Waals surface area contributed by atoms with Crippen molar-refractivity contribution >= 4 is 19.4 Å². The van der Waals surface area contributed by atoms with Gasteiger partial charge in [-0.25, -0.2) is 4.98 Å². The summed E-state index contributed by atoms with van der Waals surface area (Å²) in [6.45, 7) is 16.8. The van der Waals surface area contributed by atoms with Gasteiger partial charge >= 0.3 is 0 Å². The average molecular weight is 459 g/mol. The van der Waals surface area contributed by atoms with Crippen LogP contribution in [0.5, 0.6) is 0 Å². The smallest absolute Gasteiger partial charge is 0.270 e. The van der Waals surface area contributed by atoms with Gasteiger partial charge in [-0.05, 0) is 71.9 Å². The monoisotopic (exact) mass is 458 g/mol. The van der Waals surface area contributed by atoms with Crippen molar-refractivity contribution in [2.75, 3.05) is 39.5 Å². The number of fused-ring (bicyclic) bond motifs is 2. The Morgan fingerprint density at radius 2 is 1.88 bits per heavy atom. The third-order valence-corrected chi connectivity index (χ3v) is 11.9. The normalized spacial score (nSPS) is 20.1. The van der Waals surface area contributed by atoms with E-state index in [1.165, 1.54) is 11.1 Å². The van der Waals surface area contributed by atoms with Crippen molar-refractivity contribution < 1.29 is 14.0 Å². The lowest BCUT2D eigenvalue weighted by atomic mass is 10.1. The van der Waals surface area contributed by atoms with E-state index in [2.05, 4.69) is 49.9 Å². The molecule has 1 aromatic heterocycles. The van der Waals surface area contributed by atoms with Gasteiger partial charge in [-0.1, -0.05) is 20.8 Å². The van der Waals surface area contributed by atoms with Crippen molar-refractivity contribution in [1.82, 2.24) is 15.0 Å². The maximum absolute atomic E-state index is 12.6. The van der Waals surface area contributed by atoms with Crippen molar-refractivity contribution in [2.45, 2.75) is 64.6 Å². The minimum absolute atomic E-state index is 0.217. The summed E-state index contributed by atoms with van der Waals surface area (Å²) in [5, 5.41) is 17.1. The van der Waals surface area contributed by atoms with E-state index in [4.69, 9.17) is 14.1 Å². The molecule has 0 N–H and O–H groups in total.